The van der Waals surface area contributed by atoms with E-state index >= 15 is 0 Å². The molecular weight excluding hydrogens is 232 g/mol. The Labute approximate surface area is 86.7 Å². The van der Waals surface area contributed by atoms with Gasteiger partial charge in [-0.2, -0.15) is 0 Å². The molecule has 0 fully saturated rings. The lowest BCUT2D eigenvalue weighted by Gasteiger charge is -2.12. The van der Waals surface area contributed by atoms with Crippen LogP contribution >= 0.6 is 15.9 Å². The maximum absolute atomic E-state index is 9.13. The lowest BCUT2D eigenvalue weighted by molar-refractivity contribution is 0.280. The van der Waals surface area contributed by atoms with Gasteiger partial charge in [0.25, 0.3) is 0 Å². The van der Waals surface area contributed by atoms with Crippen LogP contribution in [0.4, 0.5) is 0 Å². The first kappa shape index (κ1) is 10.5. The van der Waals surface area contributed by atoms with Crippen molar-refractivity contribution in [2.24, 2.45) is 0 Å². The van der Waals surface area contributed by atoms with Gasteiger partial charge in [-0.15, -0.1) is 0 Å². The van der Waals surface area contributed by atoms with Crippen LogP contribution in [0.2, 0.25) is 0 Å². The van der Waals surface area contributed by atoms with Crippen LogP contribution in [0.25, 0.3) is 0 Å². The molecule has 0 aromatic heterocycles. The molecule has 1 rings (SSSR count). The molecule has 13 heavy (non-hydrogen) atoms. The molecule has 72 valence electrons. The first-order valence-corrected chi connectivity index (χ1v) is 4.84. The zero-order valence-corrected chi connectivity index (χ0v) is 9.60. The Morgan fingerprint density at radius 3 is 2.54 bits per heavy atom. The quantitative estimate of drug-likeness (QED) is 0.867. The number of halogens is 1. The minimum Gasteiger partial charge on any atom is -0.496 e. The molecule has 0 aliphatic heterocycles. The fraction of sp³-hybridized carbons (Fsp3) is 0.400. The predicted octanol–water partition coefficient (Wildman–Crippen LogP) is 2.57. The van der Waals surface area contributed by atoms with E-state index in [2.05, 4.69) is 15.9 Å². The summed E-state index contributed by atoms with van der Waals surface area (Å²) in [5.74, 6) is 0.812. The molecule has 0 saturated carbocycles. The summed E-state index contributed by atoms with van der Waals surface area (Å²) in [6, 6.07) is 1.92. The third kappa shape index (κ3) is 1.86. The number of aliphatic hydroxyl groups excluding tert-OH is 1. The van der Waals surface area contributed by atoms with Crippen LogP contribution in [0.1, 0.15) is 16.7 Å². The van der Waals surface area contributed by atoms with E-state index in [9.17, 15) is 0 Å². The third-order valence-corrected chi connectivity index (χ3v) is 3.19. The van der Waals surface area contributed by atoms with Crippen molar-refractivity contribution in [1.82, 2.24) is 0 Å². The number of benzene rings is 1. The minimum absolute atomic E-state index is 0.0697. The van der Waals surface area contributed by atoms with Crippen LogP contribution < -0.4 is 4.74 Å². The fourth-order valence-electron chi connectivity index (χ4n) is 1.35. The van der Waals surface area contributed by atoms with E-state index in [1.165, 1.54) is 0 Å². The third-order valence-electron chi connectivity index (χ3n) is 2.20. The van der Waals surface area contributed by atoms with Gasteiger partial charge in [0.1, 0.15) is 5.75 Å². The highest BCUT2D eigenvalue weighted by Crippen LogP contribution is 2.32. The van der Waals surface area contributed by atoms with Crippen molar-refractivity contribution in [3.8, 4) is 5.75 Å². The van der Waals surface area contributed by atoms with Gasteiger partial charge in [-0.05, 0) is 52.5 Å². The summed E-state index contributed by atoms with van der Waals surface area (Å²) >= 11 is 3.43. The first-order valence-electron chi connectivity index (χ1n) is 4.05. The number of hydrogen-bond acceptors (Lipinski definition) is 2. The molecule has 0 amide bonds. The van der Waals surface area contributed by atoms with Gasteiger partial charge in [-0.3, -0.25) is 0 Å². The number of hydrogen-bond donors (Lipinski definition) is 1. The van der Waals surface area contributed by atoms with E-state index in [4.69, 9.17) is 9.84 Å². The van der Waals surface area contributed by atoms with Crippen molar-refractivity contribution >= 4 is 15.9 Å². The van der Waals surface area contributed by atoms with Crippen molar-refractivity contribution in [1.29, 1.82) is 0 Å². The lowest BCUT2D eigenvalue weighted by Crippen LogP contribution is -1.97. The molecule has 0 atom stereocenters. The molecule has 0 aliphatic rings. The average Bonchev–Trinajstić information content (AvgIpc) is 2.12. The highest BCUT2D eigenvalue weighted by Gasteiger charge is 2.10. The number of aryl methyl sites for hydroxylation is 1. The SMILES string of the molecule is COc1cc(C)c(CO)c(C)c1Br. The summed E-state index contributed by atoms with van der Waals surface area (Å²) in [6.07, 6.45) is 0. The van der Waals surface area contributed by atoms with Gasteiger partial charge in [0.15, 0.2) is 0 Å². The highest BCUT2D eigenvalue weighted by molar-refractivity contribution is 9.10. The summed E-state index contributed by atoms with van der Waals surface area (Å²) in [4.78, 5) is 0. The van der Waals surface area contributed by atoms with Gasteiger partial charge < -0.3 is 9.84 Å². The summed E-state index contributed by atoms with van der Waals surface area (Å²) < 4.78 is 6.10. The summed E-state index contributed by atoms with van der Waals surface area (Å²) in [5.41, 5.74) is 3.06. The molecule has 0 saturated heterocycles. The number of ether oxygens (including phenoxy) is 1. The standard InChI is InChI=1S/C10H13BrO2/c1-6-4-9(13-3)10(11)7(2)8(6)5-12/h4,12H,5H2,1-3H3. The van der Waals surface area contributed by atoms with E-state index in [0.717, 1.165) is 26.9 Å². The number of aliphatic hydroxyl groups is 1. The predicted molar refractivity (Wildman–Crippen MR) is 56.1 cm³/mol. The van der Waals surface area contributed by atoms with Crippen LogP contribution in [0.3, 0.4) is 0 Å². The Hall–Kier alpha value is -0.540. The minimum atomic E-state index is 0.0697. The largest absolute Gasteiger partial charge is 0.496 e. The van der Waals surface area contributed by atoms with Gasteiger partial charge in [0, 0.05) is 0 Å². The maximum Gasteiger partial charge on any atom is 0.133 e. The number of methoxy groups -OCH3 is 1. The smallest absolute Gasteiger partial charge is 0.133 e. The topological polar surface area (TPSA) is 29.5 Å². The second-order valence-corrected chi connectivity index (χ2v) is 3.76. The second-order valence-electron chi connectivity index (χ2n) is 2.97. The van der Waals surface area contributed by atoms with Crippen molar-refractivity contribution in [2.75, 3.05) is 7.11 Å². The molecule has 0 unspecified atom stereocenters. The molecule has 1 aromatic carbocycles. The summed E-state index contributed by atoms with van der Waals surface area (Å²) in [5, 5.41) is 9.13. The molecule has 3 heteroatoms. The van der Waals surface area contributed by atoms with E-state index in [-0.39, 0.29) is 6.61 Å². The molecule has 0 radical (unpaired) electrons. The van der Waals surface area contributed by atoms with Crippen LogP contribution in [0, 0.1) is 13.8 Å². The highest BCUT2D eigenvalue weighted by atomic mass is 79.9. The van der Waals surface area contributed by atoms with Crippen molar-refractivity contribution in [3.63, 3.8) is 0 Å². The lowest BCUT2D eigenvalue weighted by atomic mass is 10.0. The van der Waals surface area contributed by atoms with Crippen LogP contribution in [0.5, 0.6) is 5.75 Å². The molecule has 1 aromatic rings. The van der Waals surface area contributed by atoms with Crippen LogP contribution in [-0.4, -0.2) is 12.2 Å². The van der Waals surface area contributed by atoms with E-state index in [1.807, 2.05) is 19.9 Å². The fourth-order valence-corrected chi connectivity index (χ4v) is 1.87. The Morgan fingerprint density at radius 2 is 2.08 bits per heavy atom. The van der Waals surface area contributed by atoms with E-state index < -0.39 is 0 Å². The normalized spacial score (nSPS) is 10.2. The Bertz CT molecular complexity index is 321. The number of rotatable bonds is 2. The molecule has 0 bridgehead atoms. The molecule has 0 aliphatic carbocycles. The Kier molecular flexibility index (Phi) is 3.33. The van der Waals surface area contributed by atoms with E-state index in [0.29, 0.717) is 0 Å². The summed E-state index contributed by atoms with van der Waals surface area (Å²) in [6.45, 7) is 4.00. The van der Waals surface area contributed by atoms with Gasteiger partial charge in [-0.1, -0.05) is 0 Å². The summed E-state index contributed by atoms with van der Waals surface area (Å²) in [7, 11) is 1.64. The van der Waals surface area contributed by atoms with E-state index in [1.54, 1.807) is 7.11 Å². The molecule has 0 heterocycles. The molecule has 0 spiro atoms. The van der Waals surface area contributed by atoms with Crippen LogP contribution in [0.15, 0.2) is 10.5 Å². The molecular formula is C10H13BrO2. The zero-order chi connectivity index (χ0) is 10.0. The van der Waals surface area contributed by atoms with Crippen LogP contribution in [-0.2, 0) is 6.61 Å². The van der Waals surface area contributed by atoms with Gasteiger partial charge in [0.2, 0.25) is 0 Å². The van der Waals surface area contributed by atoms with Gasteiger partial charge >= 0.3 is 0 Å². The monoisotopic (exact) mass is 244 g/mol. The Morgan fingerprint density at radius 1 is 1.46 bits per heavy atom. The van der Waals surface area contributed by atoms with Gasteiger partial charge in [-0.25, -0.2) is 0 Å². The molecule has 1 N–H and O–H groups in total. The maximum atomic E-state index is 9.13. The zero-order valence-electron chi connectivity index (χ0n) is 8.02. The van der Waals surface area contributed by atoms with Crippen molar-refractivity contribution < 1.29 is 9.84 Å². The van der Waals surface area contributed by atoms with Crippen molar-refractivity contribution in [3.05, 3.63) is 27.2 Å². The van der Waals surface area contributed by atoms with Crippen molar-refractivity contribution in [2.45, 2.75) is 20.5 Å². The van der Waals surface area contributed by atoms with Gasteiger partial charge in [0.05, 0.1) is 18.2 Å². The first-order chi connectivity index (χ1) is 6.11. The molecule has 2 nitrogen and oxygen atoms in total. The second kappa shape index (κ2) is 4.11. The Balaban J connectivity index is 3.37. The average molecular weight is 245 g/mol.